The molecule has 3 heteroatoms. The van der Waals surface area contributed by atoms with Crippen molar-refractivity contribution in [2.75, 3.05) is 19.7 Å². The number of hydrogen-bond acceptors (Lipinski definition) is 3. The molecule has 2 rings (SSSR count). The normalized spacial score (nSPS) is 12.7. The van der Waals surface area contributed by atoms with Crippen LogP contribution in [-0.4, -0.2) is 25.5 Å². The first-order valence-electron chi connectivity index (χ1n) is 5.24. The van der Waals surface area contributed by atoms with Gasteiger partial charge in [0.2, 0.25) is 0 Å². The van der Waals surface area contributed by atoms with Crippen LogP contribution in [0.25, 0.3) is 0 Å². The minimum atomic E-state index is 0.0601. The zero-order valence-electron chi connectivity index (χ0n) is 8.95. The Labute approximate surface area is 94.8 Å². The Balaban J connectivity index is 2.04. The molecule has 1 aliphatic heterocycles. The van der Waals surface area contributed by atoms with Crippen LogP contribution in [0.5, 0.6) is 5.75 Å². The Bertz CT molecular complexity index is 446. The number of ketones is 1. The number of carbonyl (C=O) groups is 1. The fraction of sp³-hybridized carbons (Fsp3) is 0.308. The molecule has 0 unspecified atom stereocenters. The molecule has 16 heavy (non-hydrogen) atoms. The number of benzene rings is 1. The zero-order valence-corrected chi connectivity index (χ0v) is 8.95. The number of carbonyl (C=O) groups excluding carboxylic acids is 1. The van der Waals surface area contributed by atoms with E-state index in [0.29, 0.717) is 18.7 Å². The van der Waals surface area contributed by atoms with Crippen molar-refractivity contribution >= 4 is 5.78 Å². The molecule has 0 saturated heterocycles. The summed E-state index contributed by atoms with van der Waals surface area (Å²) >= 11 is 0. The maximum atomic E-state index is 11.7. The van der Waals surface area contributed by atoms with Gasteiger partial charge in [-0.15, -0.1) is 6.42 Å². The summed E-state index contributed by atoms with van der Waals surface area (Å²) in [5.74, 6) is 3.39. The maximum absolute atomic E-state index is 11.7. The lowest BCUT2D eigenvalue weighted by atomic mass is 10.1. The number of fused-ring (bicyclic) bond motifs is 1. The molecule has 1 aromatic carbocycles. The summed E-state index contributed by atoms with van der Waals surface area (Å²) in [7, 11) is 0. The second-order valence-corrected chi connectivity index (χ2v) is 3.65. The van der Waals surface area contributed by atoms with E-state index in [1.54, 1.807) is 6.07 Å². The van der Waals surface area contributed by atoms with Crippen LogP contribution in [0.1, 0.15) is 15.9 Å². The van der Waals surface area contributed by atoms with E-state index in [1.165, 1.54) is 0 Å². The fourth-order valence-corrected chi connectivity index (χ4v) is 1.71. The van der Waals surface area contributed by atoms with Gasteiger partial charge in [-0.3, -0.25) is 10.1 Å². The lowest BCUT2D eigenvalue weighted by molar-refractivity contribution is 0.0992. The smallest absolute Gasteiger partial charge is 0.176 e. The van der Waals surface area contributed by atoms with Gasteiger partial charge in [-0.25, -0.2) is 0 Å². The molecule has 0 fully saturated rings. The third-order valence-corrected chi connectivity index (χ3v) is 2.52. The Kier molecular flexibility index (Phi) is 3.23. The number of terminal acetylenes is 1. The standard InChI is InChI=1S/C13H13NO2/c1-2-6-14-9-12(15)10-3-4-13-11(8-10)5-7-16-13/h1,3-4,8,14H,5-7,9H2. The number of nitrogens with one attached hydrogen (secondary N) is 1. The molecular weight excluding hydrogens is 202 g/mol. The van der Waals surface area contributed by atoms with Crippen LogP contribution in [0, 0.1) is 12.3 Å². The van der Waals surface area contributed by atoms with Crippen molar-refractivity contribution in [3.63, 3.8) is 0 Å². The molecule has 1 N–H and O–H groups in total. The molecule has 0 bridgehead atoms. The molecule has 0 saturated carbocycles. The third kappa shape index (κ3) is 2.23. The van der Waals surface area contributed by atoms with Crippen LogP contribution in [0.4, 0.5) is 0 Å². The summed E-state index contributed by atoms with van der Waals surface area (Å²) in [5.41, 5.74) is 1.83. The van der Waals surface area contributed by atoms with Gasteiger partial charge in [-0.1, -0.05) is 5.92 Å². The minimum Gasteiger partial charge on any atom is -0.493 e. The highest BCUT2D eigenvalue weighted by Crippen LogP contribution is 2.25. The Morgan fingerprint density at radius 3 is 3.25 bits per heavy atom. The molecule has 1 heterocycles. The second-order valence-electron chi connectivity index (χ2n) is 3.65. The Morgan fingerprint density at radius 2 is 2.44 bits per heavy atom. The van der Waals surface area contributed by atoms with E-state index in [9.17, 15) is 4.79 Å². The van der Waals surface area contributed by atoms with Crippen LogP contribution in [0.3, 0.4) is 0 Å². The monoisotopic (exact) mass is 215 g/mol. The highest BCUT2D eigenvalue weighted by Gasteiger charge is 2.14. The first kappa shape index (κ1) is 10.7. The SMILES string of the molecule is C#CCNCC(=O)c1ccc2c(c1)CCO2. The summed E-state index contributed by atoms with van der Waals surface area (Å²) in [6, 6.07) is 5.56. The minimum absolute atomic E-state index is 0.0601. The molecule has 1 aliphatic rings. The van der Waals surface area contributed by atoms with Gasteiger partial charge in [0.1, 0.15) is 5.75 Å². The molecular formula is C13H13NO2. The van der Waals surface area contributed by atoms with E-state index in [-0.39, 0.29) is 12.3 Å². The summed E-state index contributed by atoms with van der Waals surface area (Å²) < 4.78 is 5.38. The van der Waals surface area contributed by atoms with Gasteiger partial charge in [0, 0.05) is 12.0 Å². The molecule has 1 aromatic rings. The Morgan fingerprint density at radius 1 is 1.56 bits per heavy atom. The molecule has 82 valence electrons. The predicted octanol–water partition coefficient (Wildman–Crippen LogP) is 1.03. The lowest BCUT2D eigenvalue weighted by Gasteiger charge is -2.03. The topological polar surface area (TPSA) is 38.3 Å². The van der Waals surface area contributed by atoms with Gasteiger partial charge in [-0.2, -0.15) is 0 Å². The fourth-order valence-electron chi connectivity index (χ4n) is 1.71. The molecule has 0 aliphatic carbocycles. The number of hydrogen-bond donors (Lipinski definition) is 1. The van der Waals surface area contributed by atoms with E-state index < -0.39 is 0 Å². The van der Waals surface area contributed by atoms with Crippen molar-refractivity contribution in [3.05, 3.63) is 29.3 Å². The molecule has 0 radical (unpaired) electrons. The number of ether oxygens (including phenoxy) is 1. The van der Waals surface area contributed by atoms with Crippen LogP contribution in [-0.2, 0) is 6.42 Å². The lowest BCUT2D eigenvalue weighted by Crippen LogP contribution is -2.23. The summed E-state index contributed by atoms with van der Waals surface area (Å²) in [6.07, 6.45) is 5.97. The summed E-state index contributed by atoms with van der Waals surface area (Å²) in [6.45, 7) is 1.41. The molecule has 3 nitrogen and oxygen atoms in total. The van der Waals surface area contributed by atoms with Gasteiger partial charge >= 0.3 is 0 Å². The van der Waals surface area contributed by atoms with Crippen LogP contribution < -0.4 is 10.1 Å². The van der Waals surface area contributed by atoms with E-state index in [2.05, 4.69) is 11.2 Å². The van der Waals surface area contributed by atoms with E-state index in [0.717, 1.165) is 17.7 Å². The predicted molar refractivity (Wildman–Crippen MR) is 61.7 cm³/mol. The first-order chi connectivity index (χ1) is 7.81. The Hall–Kier alpha value is -1.79. The molecule has 0 aromatic heterocycles. The van der Waals surface area contributed by atoms with Crippen molar-refractivity contribution in [1.82, 2.24) is 5.32 Å². The van der Waals surface area contributed by atoms with Gasteiger partial charge in [0.25, 0.3) is 0 Å². The maximum Gasteiger partial charge on any atom is 0.176 e. The van der Waals surface area contributed by atoms with Crippen LogP contribution in [0.2, 0.25) is 0 Å². The first-order valence-corrected chi connectivity index (χ1v) is 5.24. The number of Topliss-reactive ketones (excluding diaryl/α,β-unsaturated/α-hetero) is 1. The molecule has 0 amide bonds. The quantitative estimate of drug-likeness (QED) is 0.463. The van der Waals surface area contributed by atoms with Crippen molar-refractivity contribution in [2.45, 2.75) is 6.42 Å². The van der Waals surface area contributed by atoms with Gasteiger partial charge < -0.3 is 4.74 Å². The van der Waals surface area contributed by atoms with Crippen molar-refractivity contribution in [3.8, 4) is 18.1 Å². The average molecular weight is 215 g/mol. The summed E-state index contributed by atoms with van der Waals surface area (Å²) in [5, 5.41) is 2.88. The van der Waals surface area contributed by atoms with E-state index >= 15 is 0 Å². The van der Waals surface area contributed by atoms with Crippen molar-refractivity contribution < 1.29 is 9.53 Å². The van der Waals surface area contributed by atoms with Crippen LogP contribution >= 0.6 is 0 Å². The molecule has 0 atom stereocenters. The van der Waals surface area contributed by atoms with E-state index in [1.807, 2.05) is 12.1 Å². The largest absolute Gasteiger partial charge is 0.493 e. The van der Waals surface area contributed by atoms with Gasteiger partial charge in [0.05, 0.1) is 19.7 Å². The second kappa shape index (κ2) is 4.82. The molecule has 0 spiro atoms. The van der Waals surface area contributed by atoms with Crippen molar-refractivity contribution in [2.24, 2.45) is 0 Å². The summed E-state index contributed by atoms with van der Waals surface area (Å²) in [4.78, 5) is 11.7. The van der Waals surface area contributed by atoms with Gasteiger partial charge in [0.15, 0.2) is 5.78 Å². The van der Waals surface area contributed by atoms with Crippen LogP contribution in [0.15, 0.2) is 18.2 Å². The zero-order chi connectivity index (χ0) is 11.4. The third-order valence-electron chi connectivity index (χ3n) is 2.52. The van der Waals surface area contributed by atoms with E-state index in [4.69, 9.17) is 11.2 Å². The van der Waals surface area contributed by atoms with Crippen molar-refractivity contribution in [1.29, 1.82) is 0 Å². The number of rotatable bonds is 4. The highest BCUT2D eigenvalue weighted by atomic mass is 16.5. The average Bonchev–Trinajstić information content (AvgIpc) is 2.76. The highest BCUT2D eigenvalue weighted by molar-refractivity contribution is 5.98. The van der Waals surface area contributed by atoms with Gasteiger partial charge in [-0.05, 0) is 23.8 Å².